The summed E-state index contributed by atoms with van der Waals surface area (Å²) in [6.45, 7) is 0.361. The fourth-order valence-electron chi connectivity index (χ4n) is 2.06. The van der Waals surface area contributed by atoms with Gasteiger partial charge in [0.1, 0.15) is 0 Å². The summed E-state index contributed by atoms with van der Waals surface area (Å²) in [5.74, 6) is 0.549. The van der Waals surface area contributed by atoms with Crippen LogP contribution in [0, 0.1) is 0 Å². The second-order valence-electron chi connectivity index (χ2n) is 4.36. The molecule has 0 spiro atoms. The van der Waals surface area contributed by atoms with Crippen LogP contribution in [0.5, 0.6) is 11.8 Å². The lowest BCUT2D eigenvalue weighted by atomic mass is 10.1. The van der Waals surface area contributed by atoms with Crippen LogP contribution >= 0.6 is 23.2 Å². The molecule has 0 saturated heterocycles. The summed E-state index contributed by atoms with van der Waals surface area (Å²) in [5, 5.41) is 8.47. The molecular weight excluding hydrogens is 329 g/mol. The van der Waals surface area contributed by atoms with Crippen molar-refractivity contribution in [1.29, 1.82) is 0 Å². The molecule has 3 aromatic rings. The van der Waals surface area contributed by atoms with Crippen LogP contribution in [-0.2, 0) is 6.54 Å². The van der Waals surface area contributed by atoms with E-state index in [0.29, 0.717) is 33.2 Å². The number of methoxy groups -OCH3 is 2. The zero-order valence-electron chi connectivity index (χ0n) is 11.7. The maximum absolute atomic E-state index is 6.33. The van der Waals surface area contributed by atoms with E-state index in [0.717, 1.165) is 0 Å². The number of ether oxygens (including phenoxy) is 2. The molecule has 9 heteroatoms. The minimum atomic E-state index is 0.272. The zero-order chi connectivity index (χ0) is 15.7. The van der Waals surface area contributed by atoms with Crippen LogP contribution in [0.1, 0.15) is 5.56 Å². The molecule has 0 radical (unpaired) electrons. The van der Waals surface area contributed by atoms with E-state index in [9.17, 15) is 0 Å². The van der Waals surface area contributed by atoms with E-state index >= 15 is 0 Å². The minimum absolute atomic E-state index is 0.272. The molecule has 0 fully saturated rings. The predicted molar refractivity (Wildman–Crippen MR) is 81.8 cm³/mol. The lowest BCUT2D eigenvalue weighted by Crippen LogP contribution is -2.05. The third-order valence-electron chi connectivity index (χ3n) is 3.06. The first-order valence-corrected chi connectivity index (χ1v) is 7.00. The molecule has 0 aliphatic rings. The van der Waals surface area contributed by atoms with Crippen LogP contribution in [0.2, 0.25) is 10.0 Å². The summed E-state index contributed by atoms with van der Waals surface area (Å²) in [6.07, 6.45) is 3.30. The largest absolute Gasteiger partial charge is 0.477 e. The number of rotatable bonds is 4. The van der Waals surface area contributed by atoms with Crippen LogP contribution in [0.25, 0.3) is 11.0 Å². The molecule has 0 aliphatic heterocycles. The molecule has 0 bridgehead atoms. The molecule has 0 amide bonds. The maximum atomic E-state index is 6.33. The Morgan fingerprint density at radius 1 is 1.14 bits per heavy atom. The van der Waals surface area contributed by atoms with Gasteiger partial charge in [-0.15, -0.1) is 5.10 Å². The van der Waals surface area contributed by atoms with Gasteiger partial charge < -0.3 is 9.47 Å². The Balaban J connectivity index is 2.25. The summed E-state index contributed by atoms with van der Waals surface area (Å²) < 4.78 is 12.0. The van der Waals surface area contributed by atoms with Gasteiger partial charge in [0.05, 0.1) is 48.0 Å². The van der Waals surface area contributed by atoms with Crippen LogP contribution in [0.4, 0.5) is 0 Å². The van der Waals surface area contributed by atoms with E-state index in [2.05, 4.69) is 20.3 Å². The molecule has 2 heterocycles. The number of aromatic nitrogens is 5. The van der Waals surface area contributed by atoms with Crippen molar-refractivity contribution in [2.24, 2.45) is 0 Å². The average molecular weight is 340 g/mol. The fraction of sp³-hybridized carbons (Fsp3) is 0.231. The Labute approximate surface area is 135 Å². The molecule has 0 aliphatic carbocycles. The topological polar surface area (TPSA) is 75.0 Å². The molecule has 1 aromatic carbocycles. The summed E-state index contributed by atoms with van der Waals surface area (Å²) in [6, 6.07) is 1.64. The Morgan fingerprint density at radius 2 is 1.86 bits per heavy atom. The van der Waals surface area contributed by atoms with Gasteiger partial charge in [-0.1, -0.05) is 28.4 Å². The minimum Gasteiger partial charge on any atom is -0.477 e. The number of nitrogens with zero attached hydrogens (tertiary/aromatic N) is 5. The van der Waals surface area contributed by atoms with E-state index < -0.39 is 0 Å². The van der Waals surface area contributed by atoms with Gasteiger partial charge in [0, 0.05) is 11.8 Å². The highest BCUT2D eigenvalue weighted by atomic mass is 35.5. The van der Waals surface area contributed by atoms with E-state index in [1.807, 2.05) is 0 Å². The smallest absolute Gasteiger partial charge is 0.278 e. The monoisotopic (exact) mass is 339 g/mol. The van der Waals surface area contributed by atoms with E-state index in [1.165, 1.54) is 14.2 Å². The lowest BCUT2D eigenvalue weighted by Gasteiger charge is -2.12. The van der Waals surface area contributed by atoms with Crippen LogP contribution in [-0.4, -0.2) is 39.2 Å². The molecule has 0 atom stereocenters. The highest BCUT2D eigenvalue weighted by Crippen LogP contribution is 2.35. The number of halogens is 2. The first kappa shape index (κ1) is 14.8. The van der Waals surface area contributed by atoms with Crippen molar-refractivity contribution in [2.75, 3.05) is 14.2 Å². The molecule has 0 saturated carbocycles. The maximum Gasteiger partial charge on any atom is 0.278 e. The van der Waals surface area contributed by atoms with Crippen LogP contribution in [0.3, 0.4) is 0 Å². The molecule has 7 nitrogen and oxygen atoms in total. The summed E-state index contributed by atoms with van der Waals surface area (Å²) in [5.41, 5.74) is 1.81. The number of hydrogen-bond acceptors (Lipinski definition) is 6. The van der Waals surface area contributed by atoms with Gasteiger partial charge in [-0.25, -0.2) is 14.6 Å². The molecule has 22 heavy (non-hydrogen) atoms. The van der Waals surface area contributed by atoms with Gasteiger partial charge in [0.2, 0.25) is 0 Å². The Kier molecular flexibility index (Phi) is 4.00. The fourth-order valence-corrected chi connectivity index (χ4v) is 2.48. The Bertz CT molecular complexity index is 823. The van der Waals surface area contributed by atoms with Gasteiger partial charge in [0.25, 0.3) is 11.8 Å². The number of fused-ring (bicyclic) bond motifs is 1. The molecule has 2 aromatic heterocycles. The highest BCUT2D eigenvalue weighted by Gasteiger charge is 2.18. The van der Waals surface area contributed by atoms with Gasteiger partial charge in [0.15, 0.2) is 0 Å². The first-order chi connectivity index (χ1) is 10.6. The van der Waals surface area contributed by atoms with Crippen molar-refractivity contribution in [2.45, 2.75) is 6.54 Å². The van der Waals surface area contributed by atoms with E-state index in [1.54, 1.807) is 23.1 Å². The van der Waals surface area contributed by atoms with Crippen molar-refractivity contribution >= 4 is 34.2 Å². The summed E-state index contributed by atoms with van der Waals surface area (Å²) >= 11 is 12.5. The second kappa shape index (κ2) is 5.94. The lowest BCUT2D eigenvalue weighted by molar-refractivity contribution is 0.334. The van der Waals surface area contributed by atoms with Gasteiger partial charge >= 0.3 is 0 Å². The normalized spacial score (nSPS) is 10.9. The standard InChI is InChI=1S/C13H11Cl2N5O2/c1-21-12-13(22-2)18-11-7(6-20-4-3-16-19-20)10(15)8(14)5-9(11)17-12/h3-5H,6H2,1-2H3. The van der Waals surface area contributed by atoms with Gasteiger partial charge in [-0.3, -0.25) is 0 Å². The molecular formula is C13H11Cl2N5O2. The van der Waals surface area contributed by atoms with E-state index in [4.69, 9.17) is 32.7 Å². The van der Waals surface area contributed by atoms with Crippen molar-refractivity contribution in [3.63, 3.8) is 0 Å². The Morgan fingerprint density at radius 3 is 2.50 bits per heavy atom. The van der Waals surface area contributed by atoms with Gasteiger partial charge in [-0.05, 0) is 6.07 Å². The average Bonchev–Trinajstić information content (AvgIpc) is 3.03. The Hall–Kier alpha value is -2.12. The quantitative estimate of drug-likeness (QED) is 0.727. The SMILES string of the molecule is COc1nc2cc(Cl)c(Cl)c(Cn3ccnn3)c2nc1OC. The summed E-state index contributed by atoms with van der Waals surface area (Å²) in [7, 11) is 2.99. The molecule has 3 rings (SSSR count). The first-order valence-electron chi connectivity index (χ1n) is 6.24. The molecule has 0 unspecified atom stereocenters. The van der Waals surface area contributed by atoms with Crippen molar-refractivity contribution in [1.82, 2.24) is 25.0 Å². The van der Waals surface area contributed by atoms with Crippen molar-refractivity contribution < 1.29 is 9.47 Å². The number of hydrogen-bond donors (Lipinski definition) is 0. The van der Waals surface area contributed by atoms with Crippen molar-refractivity contribution in [3.05, 3.63) is 34.1 Å². The zero-order valence-corrected chi connectivity index (χ0v) is 13.3. The third-order valence-corrected chi connectivity index (χ3v) is 3.89. The molecule has 0 N–H and O–H groups in total. The third kappa shape index (κ3) is 2.53. The number of benzene rings is 1. The van der Waals surface area contributed by atoms with Gasteiger partial charge in [-0.2, -0.15) is 0 Å². The predicted octanol–water partition coefficient (Wildman–Crippen LogP) is 2.59. The highest BCUT2D eigenvalue weighted by molar-refractivity contribution is 6.43. The summed E-state index contributed by atoms with van der Waals surface area (Å²) in [4.78, 5) is 8.79. The van der Waals surface area contributed by atoms with Crippen LogP contribution < -0.4 is 9.47 Å². The molecule has 114 valence electrons. The second-order valence-corrected chi connectivity index (χ2v) is 5.15. The van der Waals surface area contributed by atoms with E-state index in [-0.39, 0.29) is 11.8 Å². The van der Waals surface area contributed by atoms with Crippen molar-refractivity contribution in [3.8, 4) is 11.8 Å². The van der Waals surface area contributed by atoms with Crippen LogP contribution in [0.15, 0.2) is 18.5 Å².